The molecule has 0 saturated carbocycles. The van der Waals surface area contributed by atoms with Crippen LogP contribution in [0.3, 0.4) is 0 Å². The van der Waals surface area contributed by atoms with Crippen LogP contribution < -0.4 is 4.89 Å². The monoisotopic (exact) mass is 412 g/mol. The smallest absolute Gasteiger partial charge is 0.341 e. The van der Waals surface area contributed by atoms with Gasteiger partial charge in [-0.2, -0.15) is 0 Å². The van der Waals surface area contributed by atoms with E-state index in [2.05, 4.69) is 18.2 Å². The molecule has 6 heteroatoms. The second kappa shape index (κ2) is 7.59. The largest absolute Gasteiger partial charge is 0.478 e. The Morgan fingerprint density at radius 1 is 0.742 bits per heavy atom. The molecular weight excluding hydrogens is 396 g/mol. The number of rotatable bonds is 6. The number of carboxylic acid groups (broad SMARTS) is 1. The van der Waals surface area contributed by atoms with Crippen molar-refractivity contribution >= 4 is 44.3 Å². The zero-order valence-electron chi connectivity index (χ0n) is 16.2. The van der Waals surface area contributed by atoms with E-state index in [1.165, 1.54) is 24.3 Å². The standard InChI is InChI=1S/C25H16O6/c26-24(27)18-6-10-19(11-7-18)31-30-14-29-25(28)21-13-9-17-5-4-15-2-1-3-16-8-12-20(21)23(17)22(15)16/h1-13H,14H2,(H,26,27). The van der Waals surface area contributed by atoms with E-state index >= 15 is 0 Å². The average Bonchev–Trinajstić information content (AvgIpc) is 2.80. The van der Waals surface area contributed by atoms with Gasteiger partial charge >= 0.3 is 11.9 Å². The minimum absolute atomic E-state index is 0.132. The van der Waals surface area contributed by atoms with E-state index in [0.717, 1.165) is 32.3 Å². The lowest BCUT2D eigenvalue weighted by Crippen LogP contribution is -2.11. The van der Waals surface area contributed by atoms with Gasteiger partial charge in [0.1, 0.15) is 0 Å². The van der Waals surface area contributed by atoms with Crippen molar-refractivity contribution in [2.75, 3.05) is 6.79 Å². The predicted octanol–water partition coefficient (Wildman–Crippen LogP) is 5.41. The van der Waals surface area contributed by atoms with E-state index in [1.807, 2.05) is 30.3 Å². The summed E-state index contributed by atoms with van der Waals surface area (Å²) in [5.74, 6) is -1.26. The number of benzene rings is 5. The van der Waals surface area contributed by atoms with Crippen LogP contribution in [-0.4, -0.2) is 23.8 Å². The Morgan fingerprint density at radius 3 is 2.10 bits per heavy atom. The molecule has 0 amide bonds. The van der Waals surface area contributed by atoms with Crippen molar-refractivity contribution in [1.29, 1.82) is 0 Å². The zero-order chi connectivity index (χ0) is 21.4. The Morgan fingerprint density at radius 2 is 1.39 bits per heavy atom. The highest BCUT2D eigenvalue weighted by Crippen LogP contribution is 2.36. The fraction of sp³-hybridized carbons (Fsp3) is 0.0400. The van der Waals surface area contributed by atoms with Crippen LogP contribution in [0.2, 0.25) is 0 Å². The average molecular weight is 412 g/mol. The molecule has 0 aromatic heterocycles. The van der Waals surface area contributed by atoms with Gasteiger partial charge in [-0.15, -0.1) is 4.89 Å². The number of hydrogen-bond acceptors (Lipinski definition) is 5. The second-order valence-electron chi connectivity index (χ2n) is 7.05. The van der Waals surface area contributed by atoms with Crippen molar-refractivity contribution in [3.8, 4) is 5.75 Å². The quantitative estimate of drug-likeness (QED) is 0.100. The SMILES string of the molecule is O=C(O)c1ccc(OOCOC(=O)c2ccc3ccc4cccc5ccc2c3c45)cc1. The Labute approximate surface area is 176 Å². The minimum Gasteiger partial charge on any atom is -0.478 e. The summed E-state index contributed by atoms with van der Waals surface area (Å²) in [5.41, 5.74) is 0.577. The molecule has 0 fully saturated rings. The van der Waals surface area contributed by atoms with Crippen molar-refractivity contribution < 1.29 is 29.2 Å². The summed E-state index contributed by atoms with van der Waals surface area (Å²) in [7, 11) is 0. The van der Waals surface area contributed by atoms with Crippen LogP contribution in [0.5, 0.6) is 5.75 Å². The third-order valence-corrected chi connectivity index (χ3v) is 5.24. The van der Waals surface area contributed by atoms with Gasteiger partial charge in [-0.1, -0.05) is 48.5 Å². The molecule has 5 rings (SSSR count). The van der Waals surface area contributed by atoms with Crippen molar-refractivity contribution in [3.05, 3.63) is 90.0 Å². The molecule has 0 aliphatic rings. The van der Waals surface area contributed by atoms with E-state index < -0.39 is 18.7 Å². The summed E-state index contributed by atoms with van der Waals surface area (Å²) in [6.45, 7) is -0.415. The maximum Gasteiger partial charge on any atom is 0.341 e. The summed E-state index contributed by atoms with van der Waals surface area (Å²) in [6.07, 6.45) is 0. The summed E-state index contributed by atoms with van der Waals surface area (Å²) >= 11 is 0. The fourth-order valence-corrected chi connectivity index (χ4v) is 3.81. The number of esters is 1. The first-order valence-electron chi connectivity index (χ1n) is 9.58. The Balaban J connectivity index is 1.33. The van der Waals surface area contributed by atoms with Crippen LogP contribution in [0.25, 0.3) is 32.3 Å². The summed E-state index contributed by atoms with van der Waals surface area (Å²) in [6, 6.07) is 23.5. The second-order valence-corrected chi connectivity index (χ2v) is 7.05. The molecule has 5 aromatic rings. The molecule has 152 valence electrons. The molecule has 0 spiro atoms. The molecule has 0 atom stereocenters. The van der Waals surface area contributed by atoms with Gasteiger partial charge < -0.3 is 14.7 Å². The van der Waals surface area contributed by atoms with Gasteiger partial charge in [-0.05, 0) is 62.6 Å². The lowest BCUT2D eigenvalue weighted by molar-refractivity contribution is -0.252. The molecule has 0 aliphatic heterocycles. The van der Waals surface area contributed by atoms with Gasteiger partial charge in [0.15, 0.2) is 5.75 Å². The summed E-state index contributed by atoms with van der Waals surface area (Å²) in [4.78, 5) is 33.5. The van der Waals surface area contributed by atoms with Gasteiger partial charge in [-0.25, -0.2) is 9.59 Å². The van der Waals surface area contributed by atoms with Gasteiger partial charge in [0.2, 0.25) is 6.79 Å². The van der Waals surface area contributed by atoms with Gasteiger partial charge in [0.05, 0.1) is 11.1 Å². The maximum absolute atomic E-state index is 12.7. The molecule has 6 nitrogen and oxygen atoms in total. The topological polar surface area (TPSA) is 82.1 Å². The van der Waals surface area contributed by atoms with Crippen LogP contribution in [0.15, 0.2) is 78.9 Å². The van der Waals surface area contributed by atoms with Crippen LogP contribution in [0.1, 0.15) is 20.7 Å². The first kappa shape index (κ1) is 18.8. The molecule has 0 bridgehead atoms. The van der Waals surface area contributed by atoms with Crippen LogP contribution in [0, 0.1) is 0 Å². The van der Waals surface area contributed by atoms with E-state index in [4.69, 9.17) is 19.6 Å². The van der Waals surface area contributed by atoms with Crippen molar-refractivity contribution in [2.45, 2.75) is 0 Å². The van der Waals surface area contributed by atoms with Crippen molar-refractivity contribution in [2.24, 2.45) is 0 Å². The number of aromatic carboxylic acids is 1. The lowest BCUT2D eigenvalue weighted by atomic mass is 9.92. The molecule has 5 aromatic carbocycles. The minimum atomic E-state index is -1.03. The van der Waals surface area contributed by atoms with Crippen LogP contribution in [-0.2, 0) is 9.62 Å². The highest BCUT2D eigenvalue weighted by atomic mass is 17.2. The van der Waals surface area contributed by atoms with Gasteiger partial charge in [0.25, 0.3) is 0 Å². The highest BCUT2D eigenvalue weighted by Gasteiger charge is 2.16. The summed E-state index contributed by atoms with van der Waals surface area (Å²) < 4.78 is 5.22. The Hall–Kier alpha value is -4.16. The fourth-order valence-electron chi connectivity index (χ4n) is 3.81. The molecule has 0 unspecified atom stereocenters. The number of carbonyl (C=O) groups is 2. The third-order valence-electron chi connectivity index (χ3n) is 5.24. The van der Waals surface area contributed by atoms with E-state index in [0.29, 0.717) is 11.3 Å². The molecule has 1 N–H and O–H groups in total. The van der Waals surface area contributed by atoms with E-state index in [9.17, 15) is 9.59 Å². The third kappa shape index (κ3) is 3.39. The number of hydrogen-bond donors (Lipinski definition) is 1. The lowest BCUT2D eigenvalue weighted by Gasteiger charge is -2.13. The molecule has 0 radical (unpaired) electrons. The molecular formula is C25H16O6. The van der Waals surface area contributed by atoms with Gasteiger partial charge in [-0.3, -0.25) is 0 Å². The molecule has 0 saturated heterocycles. The zero-order valence-corrected chi connectivity index (χ0v) is 16.2. The predicted molar refractivity (Wildman–Crippen MR) is 116 cm³/mol. The normalized spacial score (nSPS) is 11.2. The number of ether oxygens (including phenoxy) is 1. The first-order valence-corrected chi connectivity index (χ1v) is 9.58. The summed E-state index contributed by atoms with van der Waals surface area (Å²) in [5, 5.41) is 15.2. The molecule has 0 heterocycles. The van der Waals surface area contributed by atoms with Crippen LogP contribution in [0.4, 0.5) is 0 Å². The van der Waals surface area contributed by atoms with E-state index in [-0.39, 0.29) is 5.56 Å². The first-order chi connectivity index (χ1) is 15.1. The van der Waals surface area contributed by atoms with Crippen molar-refractivity contribution in [1.82, 2.24) is 0 Å². The molecule has 0 aliphatic carbocycles. The van der Waals surface area contributed by atoms with Crippen LogP contribution >= 0.6 is 0 Å². The van der Waals surface area contributed by atoms with Crippen molar-refractivity contribution in [3.63, 3.8) is 0 Å². The number of carboxylic acids is 1. The number of carbonyl (C=O) groups excluding carboxylic acids is 1. The Bertz CT molecular complexity index is 1410. The maximum atomic E-state index is 12.7. The van der Waals surface area contributed by atoms with Gasteiger partial charge in [0, 0.05) is 0 Å². The van der Waals surface area contributed by atoms with E-state index in [1.54, 1.807) is 6.07 Å². The Kier molecular flexibility index (Phi) is 4.61. The molecule has 31 heavy (non-hydrogen) atoms. The highest BCUT2D eigenvalue weighted by molar-refractivity contribution is 6.25.